The normalized spacial score (nSPS) is 13.0. The lowest BCUT2D eigenvalue weighted by atomic mass is 10.1. The SMILES string of the molecule is CC(C)c1nccn1-c1cc2c(cc1C(F)(F)F)[nH]c(=O)c1nnc(CP(=O)(O)O)n12. The van der Waals surface area contributed by atoms with Crippen molar-refractivity contribution < 1.29 is 27.5 Å². The lowest BCUT2D eigenvalue weighted by Gasteiger charge is -2.18. The van der Waals surface area contributed by atoms with Crippen molar-refractivity contribution in [2.24, 2.45) is 0 Å². The van der Waals surface area contributed by atoms with Crippen LogP contribution in [0.25, 0.3) is 22.4 Å². The van der Waals surface area contributed by atoms with Crippen LogP contribution >= 0.6 is 7.60 Å². The summed E-state index contributed by atoms with van der Waals surface area (Å²) < 4.78 is 55.5. The maximum absolute atomic E-state index is 13.9. The van der Waals surface area contributed by atoms with E-state index in [-0.39, 0.29) is 34.1 Å². The average Bonchev–Trinajstić information content (AvgIpc) is 3.26. The number of imidazole rings is 1. The number of hydrogen-bond donors (Lipinski definition) is 3. The highest BCUT2D eigenvalue weighted by molar-refractivity contribution is 7.50. The number of nitrogens with zero attached hydrogens (tertiary/aromatic N) is 5. The molecule has 0 fully saturated rings. The van der Waals surface area contributed by atoms with E-state index in [1.165, 1.54) is 23.0 Å². The molecular formula is C17H16F3N6O4P. The summed E-state index contributed by atoms with van der Waals surface area (Å²) in [6, 6.07) is 1.94. The number of hydrogen-bond acceptors (Lipinski definition) is 5. The van der Waals surface area contributed by atoms with Crippen molar-refractivity contribution in [2.75, 3.05) is 0 Å². The fourth-order valence-electron chi connectivity index (χ4n) is 3.42. The molecule has 0 aliphatic heterocycles. The molecule has 0 saturated heterocycles. The molecule has 14 heteroatoms. The Labute approximate surface area is 171 Å². The van der Waals surface area contributed by atoms with Crippen molar-refractivity contribution in [1.29, 1.82) is 0 Å². The number of H-pyrrole nitrogens is 1. The molecule has 10 nitrogen and oxygen atoms in total. The second-order valence-corrected chi connectivity index (χ2v) is 8.89. The summed E-state index contributed by atoms with van der Waals surface area (Å²) in [7, 11) is -4.60. The van der Waals surface area contributed by atoms with Crippen LogP contribution in [0.2, 0.25) is 0 Å². The first-order valence-corrected chi connectivity index (χ1v) is 10.8. The number of aromatic nitrogens is 6. The van der Waals surface area contributed by atoms with Gasteiger partial charge in [0, 0.05) is 18.3 Å². The summed E-state index contributed by atoms with van der Waals surface area (Å²) in [4.78, 5) is 37.4. The van der Waals surface area contributed by atoms with Gasteiger partial charge < -0.3 is 19.3 Å². The van der Waals surface area contributed by atoms with Crippen LogP contribution < -0.4 is 5.56 Å². The van der Waals surface area contributed by atoms with Gasteiger partial charge in [0.1, 0.15) is 17.8 Å². The van der Waals surface area contributed by atoms with Gasteiger partial charge in [-0.05, 0) is 12.1 Å². The van der Waals surface area contributed by atoms with Gasteiger partial charge in [0.2, 0.25) is 5.65 Å². The zero-order valence-electron chi connectivity index (χ0n) is 16.1. The Bertz CT molecular complexity index is 1420. The van der Waals surface area contributed by atoms with E-state index in [1.54, 1.807) is 13.8 Å². The fourth-order valence-corrected chi connectivity index (χ4v) is 3.99. The van der Waals surface area contributed by atoms with Crippen molar-refractivity contribution in [3.8, 4) is 5.69 Å². The predicted molar refractivity (Wildman–Crippen MR) is 103 cm³/mol. The van der Waals surface area contributed by atoms with Crippen LogP contribution in [0, 0.1) is 0 Å². The maximum Gasteiger partial charge on any atom is 0.418 e. The van der Waals surface area contributed by atoms with Crippen LogP contribution in [0.4, 0.5) is 13.2 Å². The number of halogens is 3. The standard InChI is InChI=1S/C17H16F3N6O4P/c1-8(2)14-21-3-4-25(14)11-6-12-10(5-9(11)17(18,19)20)22-16(27)15-24-23-13(26(12)15)7-31(28,29)30/h3-6,8H,7H2,1-2H3,(H,22,27)(H2,28,29,30). The van der Waals surface area contributed by atoms with E-state index in [4.69, 9.17) is 0 Å². The zero-order valence-corrected chi connectivity index (χ0v) is 17.0. The molecule has 0 atom stereocenters. The van der Waals surface area contributed by atoms with Crippen molar-refractivity contribution >= 4 is 24.3 Å². The van der Waals surface area contributed by atoms with E-state index in [9.17, 15) is 32.3 Å². The monoisotopic (exact) mass is 456 g/mol. The van der Waals surface area contributed by atoms with Gasteiger partial charge in [-0.1, -0.05) is 13.8 Å². The Morgan fingerprint density at radius 1 is 1.23 bits per heavy atom. The molecule has 0 unspecified atom stereocenters. The summed E-state index contributed by atoms with van der Waals surface area (Å²) >= 11 is 0. The molecule has 0 bridgehead atoms. The summed E-state index contributed by atoms with van der Waals surface area (Å²) in [6.45, 7) is 3.56. The average molecular weight is 456 g/mol. The van der Waals surface area contributed by atoms with Crippen LogP contribution in [0.1, 0.15) is 37.0 Å². The number of fused-ring (bicyclic) bond motifs is 3. The maximum atomic E-state index is 13.9. The third kappa shape index (κ3) is 3.75. The molecule has 4 rings (SSSR count). The largest absolute Gasteiger partial charge is 0.418 e. The molecule has 0 saturated carbocycles. The van der Waals surface area contributed by atoms with Gasteiger partial charge in [-0.15, -0.1) is 10.2 Å². The van der Waals surface area contributed by atoms with Gasteiger partial charge in [-0.2, -0.15) is 13.2 Å². The van der Waals surface area contributed by atoms with Gasteiger partial charge in [0.05, 0.1) is 22.3 Å². The lowest BCUT2D eigenvalue weighted by molar-refractivity contribution is -0.137. The van der Waals surface area contributed by atoms with E-state index in [0.29, 0.717) is 5.82 Å². The van der Waals surface area contributed by atoms with Gasteiger partial charge >= 0.3 is 13.8 Å². The number of nitrogens with one attached hydrogen (secondary N) is 1. The number of rotatable bonds is 4. The van der Waals surface area contributed by atoms with E-state index in [0.717, 1.165) is 10.5 Å². The highest BCUT2D eigenvalue weighted by Crippen LogP contribution is 2.40. The van der Waals surface area contributed by atoms with Gasteiger partial charge in [0.25, 0.3) is 5.56 Å². The van der Waals surface area contributed by atoms with Crippen molar-refractivity contribution in [3.05, 3.63) is 52.1 Å². The van der Waals surface area contributed by atoms with Gasteiger partial charge in [0.15, 0.2) is 0 Å². The zero-order chi connectivity index (χ0) is 22.7. The van der Waals surface area contributed by atoms with E-state index in [1.807, 2.05) is 0 Å². The Morgan fingerprint density at radius 3 is 2.55 bits per heavy atom. The first kappa shape index (κ1) is 21.2. The van der Waals surface area contributed by atoms with Crippen LogP contribution in [-0.2, 0) is 16.9 Å². The second-order valence-electron chi connectivity index (χ2n) is 7.25. The molecule has 0 aliphatic rings. The first-order valence-electron chi connectivity index (χ1n) is 8.96. The van der Waals surface area contributed by atoms with E-state index < -0.39 is 31.1 Å². The minimum absolute atomic E-state index is 0.0504. The molecule has 0 amide bonds. The molecule has 0 aliphatic carbocycles. The Morgan fingerprint density at radius 2 is 1.94 bits per heavy atom. The number of benzene rings is 1. The first-order chi connectivity index (χ1) is 14.4. The van der Waals surface area contributed by atoms with Crippen LogP contribution in [0.5, 0.6) is 0 Å². The van der Waals surface area contributed by atoms with Crippen LogP contribution in [0.3, 0.4) is 0 Å². The molecule has 0 spiro atoms. The molecular weight excluding hydrogens is 440 g/mol. The molecule has 0 radical (unpaired) electrons. The minimum Gasteiger partial charge on any atom is -0.324 e. The topological polar surface area (TPSA) is 138 Å². The highest BCUT2D eigenvalue weighted by atomic mass is 31.2. The molecule has 31 heavy (non-hydrogen) atoms. The van der Waals surface area contributed by atoms with Crippen molar-refractivity contribution in [3.63, 3.8) is 0 Å². The Kier molecular flexibility index (Phi) is 4.80. The van der Waals surface area contributed by atoms with Crippen LogP contribution in [-0.4, -0.2) is 38.9 Å². The van der Waals surface area contributed by atoms with E-state index >= 15 is 0 Å². The highest BCUT2D eigenvalue weighted by Gasteiger charge is 2.36. The molecule has 3 aromatic heterocycles. The summed E-state index contributed by atoms with van der Waals surface area (Å²) in [6.07, 6.45) is -2.83. The minimum atomic E-state index is -4.75. The van der Waals surface area contributed by atoms with Crippen molar-refractivity contribution in [2.45, 2.75) is 32.1 Å². The molecule has 1 aromatic carbocycles. The predicted octanol–water partition coefficient (Wildman–Crippen LogP) is 2.58. The van der Waals surface area contributed by atoms with Gasteiger partial charge in [-0.3, -0.25) is 13.8 Å². The fraction of sp³-hybridized carbons (Fsp3) is 0.294. The van der Waals surface area contributed by atoms with Crippen molar-refractivity contribution in [1.82, 2.24) is 29.1 Å². The molecule has 4 aromatic rings. The summed E-state index contributed by atoms with van der Waals surface area (Å²) in [5, 5.41) is 7.31. The molecule has 164 valence electrons. The molecule has 3 N–H and O–H groups in total. The second kappa shape index (κ2) is 7.01. The van der Waals surface area contributed by atoms with Crippen LogP contribution in [0.15, 0.2) is 29.3 Å². The molecule has 3 heterocycles. The van der Waals surface area contributed by atoms with E-state index in [2.05, 4.69) is 20.2 Å². The quantitative estimate of drug-likeness (QED) is 0.401. The third-order valence-electron chi connectivity index (χ3n) is 4.63. The smallest absolute Gasteiger partial charge is 0.324 e. The summed E-state index contributed by atoms with van der Waals surface area (Å²) in [5.74, 6) is -0.0629. The van der Waals surface area contributed by atoms with Gasteiger partial charge in [-0.25, -0.2) is 4.98 Å². The number of aromatic amines is 1. The third-order valence-corrected chi connectivity index (χ3v) is 5.33. The Balaban J connectivity index is 2.14. The summed E-state index contributed by atoms with van der Waals surface area (Å²) in [5.41, 5.74) is -2.55. The Hall–Kier alpha value is -3.02. The lowest BCUT2D eigenvalue weighted by Crippen LogP contribution is -2.16. The number of alkyl halides is 3.